The second kappa shape index (κ2) is 10.4. The van der Waals surface area contributed by atoms with Gasteiger partial charge in [0.05, 0.1) is 0 Å². The Morgan fingerprint density at radius 3 is 2.50 bits per heavy atom. The predicted molar refractivity (Wildman–Crippen MR) is 107 cm³/mol. The summed E-state index contributed by atoms with van der Waals surface area (Å²) >= 11 is 5.88. The molecule has 3 N–H and O–H groups in total. The fraction of sp³-hybridized carbons (Fsp3) is 0.316. The van der Waals surface area contributed by atoms with Crippen LogP contribution < -0.4 is 16.0 Å². The van der Waals surface area contributed by atoms with E-state index in [1.807, 2.05) is 37.3 Å². The van der Waals surface area contributed by atoms with Gasteiger partial charge in [-0.1, -0.05) is 29.8 Å². The first kappa shape index (κ1) is 19.7. The summed E-state index contributed by atoms with van der Waals surface area (Å²) in [6.07, 6.45) is 2.91. The number of benzene rings is 1. The number of halogens is 1. The van der Waals surface area contributed by atoms with Crippen molar-refractivity contribution in [2.75, 3.05) is 25.5 Å². The minimum absolute atomic E-state index is 0.0922. The van der Waals surface area contributed by atoms with E-state index in [0.29, 0.717) is 24.7 Å². The zero-order chi connectivity index (χ0) is 18.8. The van der Waals surface area contributed by atoms with Gasteiger partial charge in [-0.2, -0.15) is 0 Å². The highest BCUT2D eigenvalue weighted by atomic mass is 35.5. The molecule has 26 heavy (non-hydrogen) atoms. The van der Waals surface area contributed by atoms with Crippen molar-refractivity contribution in [2.45, 2.75) is 19.8 Å². The summed E-state index contributed by atoms with van der Waals surface area (Å²) in [5, 5.41) is 9.85. The molecule has 1 heterocycles. The summed E-state index contributed by atoms with van der Waals surface area (Å²) in [4.78, 5) is 20.2. The number of anilines is 1. The first-order valence-electron chi connectivity index (χ1n) is 8.48. The number of nitrogens with zero attached hydrogens (tertiary/aromatic N) is 2. The lowest BCUT2D eigenvalue weighted by Gasteiger charge is -2.12. The zero-order valence-electron chi connectivity index (χ0n) is 15.1. The van der Waals surface area contributed by atoms with Gasteiger partial charge < -0.3 is 16.0 Å². The van der Waals surface area contributed by atoms with Crippen molar-refractivity contribution in [3.05, 3.63) is 58.7 Å². The fourth-order valence-electron chi connectivity index (χ4n) is 2.24. The first-order valence-corrected chi connectivity index (χ1v) is 8.86. The quantitative estimate of drug-likeness (QED) is 0.515. The molecule has 138 valence electrons. The number of nitrogens with one attached hydrogen (secondary N) is 3. The van der Waals surface area contributed by atoms with Gasteiger partial charge in [0.2, 0.25) is 5.91 Å². The van der Waals surface area contributed by atoms with E-state index in [1.165, 1.54) is 5.56 Å². The van der Waals surface area contributed by atoms with E-state index < -0.39 is 0 Å². The van der Waals surface area contributed by atoms with Gasteiger partial charge in [0, 0.05) is 37.8 Å². The van der Waals surface area contributed by atoms with Crippen LogP contribution in [0.15, 0.2) is 47.6 Å². The fourth-order valence-corrected chi connectivity index (χ4v) is 2.36. The van der Waals surface area contributed by atoms with Gasteiger partial charge >= 0.3 is 0 Å². The molecule has 0 saturated heterocycles. The molecule has 0 unspecified atom stereocenters. The molecule has 0 aliphatic carbocycles. The molecule has 7 heteroatoms. The molecule has 0 aliphatic heterocycles. The van der Waals surface area contributed by atoms with E-state index in [-0.39, 0.29) is 5.91 Å². The van der Waals surface area contributed by atoms with Gasteiger partial charge in [-0.25, -0.2) is 4.98 Å². The van der Waals surface area contributed by atoms with Gasteiger partial charge in [0.1, 0.15) is 5.82 Å². The molecule has 0 bridgehead atoms. The van der Waals surface area contributed by atoms with E-state index >= 15 is 0 Å². The molecule has 1 aromatic carbocycles. The highest BCUT2D eigenvalue weighted by Gasteiger charge is 2.04. The number of carbonyl (C=O) groups excluding carboxylic acids is 1. The average Bonchev–Trinajstić information content (AvgIpc) is 2.64. The van der Waals surface area contributed by atoms with Gasteiger partial charge in [0.15, 0.2) is 5.96 Å². The van der Waals surface area contributed by atoms with E-state index in [0.717, 1.165) is 23.6 Å². The van der Waals surface area contributed by atoms with Gasteiger partial charge in [-0.15, -0.1) is 0 Å². The molecule has 0 atom stereocenters. The molecule has 0 radical (unpaired) electrons. The minimum Gasteiger partial charge on any atom is -0.356 e. The van der Waals surface area contributed by atoms with Crippen molar-refractivity contribution in [3.8, 4) is 0 Å². The van der Waals surface area contributed by atoms with E-state index in [1.54, 1.807) is 19.3 Å². The zero-order valence-corrected chi connectivity index (χ0v) is 15.8. The summed E-state index contributed by atoms with van der Waals surface area (Å²) in [5.74, 6) is 1.14. The maximum atomic E-state index is 11.9. The van der Waals surface area contributed by atoms with Crippen molar-refractivity contribution in [3.63, 3.8) is 0 Å². The van der Waals surface area contributed by atoms with Gasteiger partial charge in [0.25, 0.3) is 0 Å². The number of amides is 1. The van der Waals surface area contributed by atoms with Crippen LogP contribution in [0.4, 0.5) is 5.82 Å². The first-order chi connectivity index (χ1) is 12.6. The third-order valence-electron chi connectivity index (χ3n) is 3.67. The van der Waals surface area contributed by atoms with Crippen LogP contribution in [-0.2, 0) is 11.2 Å². The standard InChI is InChI=1S/C19H24ClN5O/c1-14-3-8-17(24-13-14)25-18(26)10-12-23-19(21-2)22-11-9-15-4-6-16(20)7-5-15/h3-8,13H,9-12H2,1-2H3,(H2,21,22,23)(H,24,25,26). The monoisotopic (exact) mass is 373 g/mol. The Kier molecular flexibility index (Phi) is 7.89. The number of pyridine rings is 1. The predicted octanol–water partition coefficient (Wildman–Crippen LogP) is 2.78. The molecule has 2 rings (SSSR count). The minimum atomic E-state index is -0.0922. The van der Waals surface area contributed by atoms with Crippen LogP contribution in [0.1, 0.15) is 17.5 Å². The number of carbonyl (C=O) groups is 1. The lowest BCUT2D eigenvalue weighted by Crippen LogP contribution is -2.39. The molecule has 0 spiro atoms. The maximum absolute atomic E-state index is 11.9. The Hall–Kier alpha value is -2.60. The van der Waals surface area contributed by atoms with Crippen molar-refractivity contribution < 1.29 is 4.79 Å². The molecule has 6 nitrogen and oxygen atoms in total. The molecule has 0 aliphatic rings. The van der Waals surface area contributed by atoms with Crippen LogP contribution >= 0.6 is 11.6 Å². The molecule has 2 aromatic rings. The Morgan fingerprint density at radius 1 is 1.12 bits per heavy atom. The normalized spacial score (nSPS) is 11.1. The third-order valence-corrected chi connectivity index (χ3v) is 3.92. The third kappa shape index (κ3) is 7.11. The van der Waals surface area contributed by atoms with Crippen LogP contribution in [0.2, 0.25) is 5.02 Å². The van der Waals surface area contributed by atoms with Crippen LogP contribution in [0.5, 0.6) is 0 Å². The van der Waals surface area contributed by atoms with Crippen molar-refractivity contribution in [2.24, 2.45) is 4.99 Å². The highest BCUT2D eigenvalue weighted by molar-refractivity contribution is 6.30. The molecule has 0 fully saturated rings. The number of hydrogen-bond donors (Lipinski definition) is 3. The lowest BCUT2D eigenvalue weighted by molar-refractivity contribution is -0.116. The SMILES string of the molecule is CN=C(NCCC(=O)Nc1ccc(C)cn1)NCCc1ccc(Cl)cc1. The van der Waals surface area contributed by atoms with E-state index in [9.17, 15) is 4.79 Å². The Bertz CT molecular complexity index is 729. The molecule has 1 aromatic heterocycles. The number of aromatic nitrogens is 1. The summed E-state index contributed by atoms with van der Waals surface area (Å²) in [6.45, 7) is 3.17. The summed E-state index contributed by atoms with van der Waals surface area (Å²) in [6, 6.07) is 11.5. The van der Waals surface area contributed by atoms with Crippen LogP contribution in [0, 0.1) is 6.92 Å². The van der Waals surface area contributed by atoms with E-state index in [4.69, 9.17) is 11.6 Å². The van der Waals surface area contributed by atoms with Crippen molar-refractivity contribution in [1.82, 2.24) is 15.6 Å². The molecular weight excluding hydrogens is 350 g/mol. The Labute approximate surface area is 159 Å². The molecule has 1 amide bonds. The van der Waals surface area contributed by atoms with Crippen LogP contribution in [0.3, 0.4) is 0 Å². The van der Waals surface area contributed by atoms with Gasteiger partial charge in [-0.3, -0.25) is 9.79 Å². The number of guanidine groups is 1. The van der Waals surface area contributed by atoms with Crippen LogP contribution in [0.25, 0.3) is 0 Å². The number of aliphatic imine (C=N–C) groups is 1. The lowest BCUT2D eigenvalue weighted by atomic mass is 10.1. The maximum Gasteiger partial charge on any atom is 0.227 e. The Morgan fingerprint density at radius 2 is 1.85 bits per heavy atom. The largest absolute Gasteiger partial charge is 0.356 e. The summed E-state index contributed by atoms with van der Waals surface area (Å²) in [5.41, 5.74) is 2.25. The summed E-state index contributed by atoms with van der Waals surface area (Å²) in [7, 11) is 1.70. The number of hydrogen-bond acceptors (Lipinski definition) is 3. The van der Waals surface area contributed by atoms with Crippen LogP contribution in [-0.4, -0.2) is 37.0 Å². The van der Waals surface area contributed by atoms with Gasteiger partial charge in [-0.05, 0) is 42.7 Å². The number of rotatable bonds is 7. The Balaban J connectivity index is 1.65. The highest BCUT2D eigenvalue weighted by Crippen LogP contribution is 2.09. The average molecular weight is 374 g/mol. The van der Waals surface area contributed by atoms with E-state index in [2.05, 4.69) is 25.9 Å². The second-order valence-electron chi connectivity index (χ2n) is 5.82. The smallest absolute Gasteiger partial charge is 0.227 e. The topological polar surface area (TPSA) is 78.4 Å². The number of aryl methyl sites for hydroxylation is 1. The van der Waals surface area contributed by atoms with Crippen molar-refractivity contribution >= 4 is 29.3 Å². The second-order valence-corrected chi connectivity index (χ2v) is 6.26. The molecular formula is C19H24ClN5O. The summed E-state index contributed by atoms with van der Waals surface area (Å²) < 4.78 is 0. The van der Waals surface area contributed by atoms with Crippen molar-refractivity contribution in [1.29, 1.82) is 0 Å². The molecule has 0 saturated carbocycles.